The highest BCUT2D eigenvalue weighted by molar-refractivity contribution is 6.08. The lowest BCUT2D eigenvalue weighted by molar-refractivity contribution is 0.0981. The molecular weight excluding hydrogens is 274 g/mol. The number of rotatable bonds is 1. The van der Waals surface area contributed by atoms with Gasteiger partial charge in [0.05, 0.1) is 0 Å². The fraction of sp³-hybridized carbons (Fsp3) is 0.188. The lowest BCUT2D eigenvalue weighted by atomic mass is 10.1. The maximum Gasteiger partial charge on any atom is 0.264 e. The zero-order valence-electron chi connectivity index (χ0n) is 11.5. The van der Waals surface area contributed by atoms with E-state index in [1.54, 1.807) is 18.2 Å². The molecule has 1 aliphatic heterocycles. The molecule has 3 nitrogen and oxygen atoms in total. The number of carbonyl (C=O) groups is 1. The van der Waals surface area contributed by atoms with Gasteiger partial charge in [-0.2, -0.15) is 0 Å². The van der Waals surface area contributed by atoms with Crippen molar-refractivity contribution in [1.29, 1.82) is 0 Å². The molecule has 0 saturated carbocycles. The van der Waals surface area contributed by atoms with Gasteiger partial charge in [-0.3, -0.25) is 4.79 Å². The Kier molecular flexibility index (Phi) is 3.12. The molecule has 2 aromatic rings. The molecule has 1 aliphatic rings. The molecule has 0 bridgehead atoms. The first-order valence-electron chi connectivity index (χ1n) is 6.64. The molecule has 0 unspecified atom stereocenters. The van der Waals surface area contributed by atoms with Crippen LogP contribution in [0.15, 0.2) is 30.3 Å². The summed E-state index contributed by atoms with van der Waals surface area (Å²) in [6.45, 7) is 1.87. The smallest absolute Gasteiger partial charge is 0.264 e. The molecule has 0 aliphatic carbocycles. The maximum absolute atomic E-state index is 14.1. The highest BCUT2D eigenvalue weighted by Crippen LogP contribution is 2.33. The first-order chi connectivity index (χ1) is 10.0. The van der Waals surface area contributed by atoms with Crippen molar-refractivity contribution in [3.05, 3.63) is 58.7 Å². The van der Waals surface area contributed by atoms with Crippen LogP contribution in [0.4, 0.5) is 20.2 Å². The summed E-state index contributed by atoms with van der Waals surface area (Å²) in [4.78, 5) is 13.9. The van der Waals surface area contributed by atoms with Gasteiger partial charge in [0.2, 0.25) is 0 Å². The van der Waals surface area contributed by atoms with Crippen LogP contribution < -0.4 is 10.6 Å². The van der Waals surface area contributed by atoms with Gasteiger partial charge in [0, 0.05) is 23.5 Å². The number of amides is 1. The van der Waals surface area contributed by atoms with Crippen LogP contribution in [-0.4, -0.2) is 12.5 Å². The Morgan fingerprint density at radius 1 is 1.24 bits per heavy atom. The summed E-state index contributed by atoms with van der Waals surface area (Å²) in [5, 5.41) is 0. The van der Waals surface area contributed by atoms with Gasteiger partial charge in [0.25, 0.3) is 5.91 Å². The molecule has 1 amide bonds. The summed E-state index contributed by atoms with van der Waals surface area (Å²) in [5.74, 6) is -2.32. The molecule has 0 saturated heterocycles. The third-order valence-corrected chi connectivity index (χ3v) is 3.81. The molecule has 2 aromatic carbocycles. The average Bonchev–Trinajstić information content (AvgIpc) is 2.88. The second kappa shape index (κ2) is 4.84. The molecule has 108 valence electrons. The third-order valence-electron chi connectivity index (χ3n) is 3.81. The van der Waals surface area contributed by atoms with Crippen molar-refractivity contribution in [1.82, 2.24) is 0 Å². The van der Waals surface area contributed by atoms with Crippen molar-refractivity contribution in [2.24, 2.45) is 0 Å². The number of fused-ring (bicyclic) bond motifs is 1. The van der Waals surface area contributed by atoms with Crippen LogP contribution in [0.2, 0.25) is 0 Å². The van der Waals surface area contributed by atoms with E-state index in [-0.39, 0.29) is 5.56 Å². The number of anilines is 2. The van der Waals surface area contributed by atoms with Gasteiger partial charge < -0.3 is 10.6 Å². The monoisotopic (exact) mass is 288 g/mol. The predicted octanol–water partition coefficient (Wildman–Crippen LogP) is 3.06. The number of nitrogens with zero attached hydrogens (tertiary/aromatic N) is 1. The normalized spacial score (nSPS) is 13.4. The van der Waals surface area contributed by atoms with Crippen molar-refractivity contribution in [2.75, 3.05) is 17.2 Å². The molecular formula is C16H14F2N2O. The van der Waals surface area contributed by atoms with Gasteiger partial charge in [-0.15, -0.1) is 0 Å². The van der Waals surface area contributed by atoms with Crippen molar-refractivity contribution < 1.29 is 13.6 Å². The average molecular weight is 288 g/mol. The lowest BCUT2D eigenvalue weighted by Crippen LogP contribution is -2.30. The number of halogens is 2. The quantitative estimate of drug-likeness (QED) is 0.820. The van der Waals surface area contributed by atoms with E-state index in [1.165, 1.54) is 17.9 Å². The Balaban J connectivity index is 2.07. The molecule has 2 N–H and O–H groups in total. The third kappa shape index (κ3) is 2.05. The minimum atomic E-state index is -0.847. The molecule has 3 rings (SSSR count). The molecule has 5 heteroatoms. The van der Waals surface area contributed by atoms with Gasteiger partial charge in [0.1, 0.15) is 17.2 Å². The summed E-state index contributed by atoms with van der Waals surface area (Å²) in [7, 11) is 0. The van der Waals surface area contributed by atoms with Gasteiger partial charge in [-0.25, -0.2) is 8.78 Å². The second-order valence-electron chi connectivity index (χ2n) is 5.10. The van der Waals surface area contributed by atoms with E-state index < -0.39 is 23.1 Å². The first-order valence-corrected chi connectivity index (χ1v) is 6.64. The highest BCUT2D eigenvalue weighted by atomic mass is 19.1. The number of carbonyl (C=O) groups excluding carboxylic acids is 1. The van der Waals surface area contributed by atoms with Crippen LogP contribution >= 0.6 is 0 Å². The van der Waals surface area contributed by atoms with E-state index in [1.807, 2.05) is 0 Å². The Morgan fingerprint density at radius 2 is 2.00 bits per heavy atom. The number of hydrogen-bond donors (Lipinski definition) is 1. The van der Waals surface area contributed by atoms with Crippen LogP contribution in [0.5, 0.6) is 0 Å². The predicted molar refractivity (Wildman–Crippen MR) is 77.3 cm³/mol. The zero-order valence-corrected chi connectivity index (χ0v) is 11.5. The Labute approximate surface area is 121 Å². The van der Waals surface area contributed by atoms with Gasteiger partial charge in [0.15, 0.2) is 0 Å². The molecule has 1 heterocycles. The van der Waals surface area contributed by atoms with E-state index in [9.17, 15) is 13.6 Å². The maximum atomic E-state index is 14.1. The fourth-order valence-electron chi connectivity index (χ4n) is 2.66. The molecule has 0 atom stereocenters. The summed E-state index contributed by atoms with van der Waals surface area (Å²) in [5.41, 5.74) is 7.67. The number of nitrogen functional groups attached to an aromatic ring is 1. The Bertz CT molecular complexity index is 743. The van der Waals surface area contributed by atoms with Crippen LogP contribution in [-0.2, 0) is 6.42 Å². The molecule has 0 fully saturated rings. The number of benzene rings is 2. The summed E-state index contributed by atoms with van der Waals surface area (Å²) < 4.78 is 28.0. The topological polar surface area (TPSA) is 46.3 Å². The van der Waals surface area contributed by atoms with Gasteiger partial charge >= 0.3 is 0 Å². The minimum Gasteiger partial charge on any atom is -0.398 e. The zero-order chi connectivity index (χ0) is 15.1. The highest BCUT2D eigenvalue weighted by Gasteiger charge is 2.30. The van der Waals surface area contributed by atoms with E-state index in [4.69, 9.17) is 5.73 Å². The SMILES string of the molecule is Cc1ccc(F)c(C(=O)N2CCc3c(N)cccc32)c1F. The van der Waals surface area contributed by atoms with E-state index >= 15 is 0 Å². The number of nitrogens with two attached hydrogens (primary N) is 1. The molecule has 21 heavy (non-hydrogen) atoms. The van der Waals surface area contributed by atoms with Crippen LogP contribution in [0.25, 0.3) is 0 Å². The van der Waals surface area contributed by atoms with E-state index in [0.29, 0.717) is 24.3 Å². The van der Waals surface area contributed by atoms with Crippen LogP contribution in [0, 0.1) is 18.6 Å². The molecule has 0 aromatic heterocycles. The molecule has 0 radical (unpaired) electrons. The van der Waals surface area contributed by atoms with E-state index in [0.717, 1.165) is 11.6 Å². The minimum absolute atomic E-state index is 0.242. The largest absolute Gasteiger partial charge is 0.398 e. The van der Waals surface area contributed by atoms with Crippen molar-refractivity contribution in [3.8, 4) is 0 Å². The van der Waals surface area contributed by atoms with Gasteiger partial charge in [-0.1, -0.05) is 12.1 Å². The van der Waals surface area contributed by atoms with Crippen molar-refractivity contribution in [2.45, 2.75) is 13.3 Å². The molecule has 0 spiro atoms. The standard InChI is InChI=1S/C16H14F2N2O/c1-9-5-6-11(17)14(15(9)18)16(21)20-8-7-10-12(19)3-2-4-13(10)20/h2-6H,7-8,19H2,1H3. The second-order valence-corrected chi connectivity index (χ2v) is 5.10. The number of hydrogen-bond acceptors (Lipinski definition) is 2. The Hall–Kier alpha value is -2.43. The van der Waals surface area contributed by atoms with E-state index in [2.05, 4.69) is 0 Å². The lowest BCUT2D eigenvalue weighted by Gasteiger charge is -2.18. The van der Waals surface area contributed by atoms with Crippen LogP contribution in [0.1, 0.15) is 21.5 Å². The van der Waals surface area contributed by atoms with Crippen molar-refractivity contribution >= 4 is 17.3 Å². The van der Waals surface area contributed by atoms with Crippen molar-refractivity contribution in [3.63, 3.8) is 0 Å². The van der Waals surface area contributed by atoms with Crippen LogP contribution in [0.3, 0.4) is 0 Å². The number of aryl methyl sites for hydroxylation is 1. The van der Waals surface area contributed by atoms with Gasteiger partial charge in [-0.05, 0) is 37.1 Å². The summed E-state index contributed by atoms with van der Waals surface area (Å²) >= 11 is 0. The Morgan fingerprint density at radius 3 is 2.76 bits per heavy atom. The fourth-order valence-corrected chi connectivity index (χ4v) is 2.66. The summed E-state index contributed by atoms with van der Waals surface area (Å²) in [6.07, 6.45) is 0.586. The summed E-state index contributed by atoms with van der Waals surface area (Å²) in [6, 6.07) is 7.64. The first kappa shape index (κ1) is 13.5.